The lowest BCUT2D eigenvalue weighted by molar-refractivity contribution is -0.120. The first-order chi connectivity index (χ1) is 9.21. The van der Waals surface area contributed by atoms with E-state index < -0.39 is 0 Å². The highest BCUT2D eigenvalue weighted by atomic mass is 16.2. The molecule has 1 rings (SSSR count). The summed E-state index contributed by atoms with van der Waals surface area (Å²) in [5, 5.41) is 11.5. The number of benzene rings is 1. The van der Waals surface area contributed by atoms with Crippen molar-refractivity contribution in [2.45, 2.75) is 33.1 Å². The van der Waals surface area contributed by atoms with Gasteiger partial charge in [-0.15, -0.1) is 0 Å². The van der Waals surface area contributed by atoms with Crippen molar-refractivity contribution < 1.29 is 9.90 Å². The van der Waals surface area contributed by atoms with Crippen LogP contribution in [0.4, 0.5) is 5.69 Å². The van der Waals surface area contributed by atoms with E-state index in [0.29, 0.717) is 6.42 Å². The number of anilines is 1. The van der Waals surface area contributed by atoms with E-state index in [1.165, 1.54) is 0 Å². The Bertz CT molecular complexity index is 450. The monoisotopic (exact) mass is 259 g/mol. The van der Waals surface area contributed by atoms with Crippen molar-refractivity contribution in [3.63, 3.8) is 0 Å². The Labute approximate surface area is 115 Å². The lowest BCUT2D eigenvalue weighted by Gasteiger charge is -2.12. The quantitative estimate of drug-likeness (QED) is 0.799. The largest absolute Gasteiger partial charge is 0.395 e. The molecule has 0 saturated carbocycles. The second-order valence-corrected chi connectivity index (χ2v) is 4.36. The van der Waals surface area contributed by atoms with E-state index in [0.717, 1.165) is 24.1 Å². The molecule has 0 heterocycles. The van der Waals surface area contributed by atoms with E-state index >= 15 is 0 Å². The predicted octanol–water partition coefficient (Wildman–Crippen LogP) is 2.80. The molecule has 1 aromatic rings. The van der Waals surface area contributed by atoms with E-state index in [9.17, 15) is 4.79 Å². The van der Waals surface area contributed by atoms with Crippen molar-refractivity contribution >= 4 is 11.6 Å². The number of carbonyl (C=O) groups excluding carboxylic acids is 1. The zero-order chi connectivity index (χ0) is 14.1. The highest BCUT2D eigenvalue weighted by molar-refractivity contribution is 5.92. The molecular weight excluding hydrogens is 238 g/mol. The second kappa shape index (κ2) is 8.34. The van der Waals surface area contributed by atoms with Gasteiger partial charge in [0, 0.05) is 23.6 Å². The van der Waals surface area contributed by atoms with Crippen LogP contribution in [0.5, 0.6) is 0 Å². The van der Waals surface area contributed by atoms with E-state index in [-0.39, 0.29) is 18.4 Å². The topological polar surface area (TPSA) is 49.3 Å². The Morgan fingerprint density at radius 1 is 1.26 bits per heavy atom. The molecule has 0 fully saturated rings. The fourth-order valence-corrected chi connectivity index (χ4v) is 1.76. The molecular formula is C16H21NO2. The molecule has 0 aliphatic heterocycles. The molecule has 102 valence electrons. The average Bonchev–Trinajstić information content (AvgIpc) is 2.42. The fourth-order valence-electron chi connectivity index (χ4n) is 1.76. The number of carbonyl (C=O) groups is 1. The number of hydrogen-bond donors (Lipinski definition) is 2. The zero-order valence-corrected chi connectivity index (χ0v) is 11.6. The number of rotatable bonds is 5. The fraction of sp³-hybridized carbons (Fsp3) is 0.438. The molecule has 19 heavy (non-hydrogen) atoms. The summed E-state index contributed by atoms with van der Waals surface area (Å²) in [5.74, 6) is 5.96. The van der Waals surface area contributed by atoms with Crippen molar-refractivity contribution in [3.05, 3.63) is 29.8 Å². The van der Waals surface area contributed by atoms with Crippen LogP contribution in [0.1, 0.15) is 38.7 Å². The first kappa shape index (κ1) is 15.3. The van der Waals surface area contributed by atoms with Gasteiger partial charge < -0.3 is 10.4 Å². The number of amides is 1. The van der Waals surface area contributed by atoms with E-state index in [1.807, 2.05) is 38.1 Å². The molecule has 2 N–H and O–H groups in total. The molecule has 0 radical (unpaired) electrons. The van der Waals surface area contributed by atoms with Crippen LogP contribution in [0.3, 0.4) is 0 Å². The van der Waals surface area contributed by atoms with Crippen molar-refractivity contribution in [2.24, 2.45) is 5.92 Å². The van der Waals surface area contributed by atoms with Crippen LogP contribution in [0.2, 0.25) is 0 Å². The minimum absolute atomic E-state index is 0.0732. The molecule has 3 nitrogen and oxygen atoms in total. The van der Waals surface area contributed by atoms with Gasteiger partial charge in [0.05, 0.1) is 6.61 Å². The molecule has 0 aliphatic rings. The van der Waals surface area contributed by atoms with Gasteiger partial charge in [0.15, 0.2) is 0 Å². The number of aliphatic hydroxyl groups excluding tert-OH is 1. The minimum atomic E-state index is 0.0732. The van der Waals surface area contributed by atoms with Crippen molar-refractivity contribution in [2.75, 3.05) is 11.9 Å². The molecule has 0 unspecified atom stereocenters. The Morgan fingerprint density at radius 2 is 1.89 bits per heavy atom. The number of hydrogen-bond acceptors (Lipinski definition) is 2. The third-order valence-electron chi connectivity index (χ3n) is 2.98. The first-order valence-corrected chi connectivity index (χ1v) is 6.71. The van der Waals surface area contributed by atoms with Gasteiger partial charge in [-0.05, 0) is 37.1 Å². The molecule has 1 aromatic carbocycles. The summed E-state index contributed by atoms with van der Waals surface area (Å²) in [6, 6.07) is 7.44. The van der Waals surface area contributed by atoms with Crippen LogP contribution in [0, 0.1) is 17.8 Å². The molecule has 1 amide bonds. The van der Waals surface area contributed by atoms with E-state index in [2.05, 4.69) is 17.2 Å². The van der Waals surface area contributed by atoms with Gasteiger partial charge in [0.1, 0.15) is 0 Å². The standard InChI is InChI=1S/C16H21NO2/c1-3-14(4-2)16(19)17-15-10-8-13(9-11-15)7-5-6-12-18/h8-11,14,18H,3-4,6,12H2,1-2H3,(H,17,19). The van der Waals surface area contributed by atoms with Gasteiger partial charge >= 0.3 is 0 Å². The van der Waals surface area contributed by atoms with Crippen molar-refractivity contribution in [3.8, 4) is 11.8 Å². The molecule has 0 atom stereocenters. The van der Waals surface area contributed by atoms with Crippen LogP contribution < -0.4 is 5.32 Å². The highest BCUT2D eigenvalue weighted by Crippen LogP contribution is 2.14. The van der Waals surface area contributed by atoms with Crippen LogP contribution in [0.25, 0.3) is 0 Å². The van der Waals surface area contributed by atoms with Gasteiger partial charge in [-0.3, -0.25) is 4.79 Å². The Balaban J connectivity index is 2.62. The van der Waals surface area contributed by atoms with E-state index in [4.69, 9.17) is 5.11 Å². The van der Waals surface area contributed by atoms with Crippen LogP contribution in [-0.4, -0.2) is 17.6 Å². The summed E-state index contributed by atoms with van der Waals surface area (Å²) in [7, 11) is 0. The molecule has 0 saturated heterocycles. The minimum Gasteiger partial charge on any atom is -0.395 e. The lowest BCUT2D eigenvalue weighted by Crippen LogP contribution is -2.21. The SMILES string of the molecule is CCC(CC)C(=O)Nc1ccc(C#CCCO)cc1. The van der Waals surface area contributed by atoms with Gasteiger partial charge in [-0.25, -0.2) is 0 Å². The predicted molar refractivity (Wildman–Crippen MR) is 77.7 cm³/mol. The summed E-state index contributed by atoms with van der Waals surface area (Å²) in [5.41, 5.74) is 1.68. The van der Waals surface area contributed by atoms with Crippen LogP contribution in [0.15, 0.2) is 24.3 Å². The lowest BCUT2D eigenvalue weighted by atomic mass is 10.0. The molecule has 0 aromatic heterocycles. The van der Waals surface area contributed by atoms with Crippen molar-refractivity contribution in [1.82, 2.24) is 0 Å². The number of nitrogens with one attached hydrogen (secondary N) is 1. The number of aliphatic hydroxyl groups is 1. The van der Waals surface area contributed by atoms with Crippen molar-refractivity contribution in [1.29, 1.82) is 0 Å². The molecule has 3 heteroatoms. The maximum atomic E-state index is 11.9. The second-order valence-electron chi connectivity index (χ2n) is 4.36. The molecule has 0 spiro atoms. The maximum Gasteiger partial charge on any atom is 0.227 e. The first-order valence-electron chi connectivity index (χ1n) is 6.71. The van der Waals surface area contributed by atoms with Crippen LogP contribution >= 0.6 is 0 Å². The Morgan fingerprint density at radius 3 is 2.42 bits per heavy atom. The van der Waals surface area contributed by atoms with Gasteiger partial charge in [-0.2, -0.15) is 0 Å². The van der Waals surface area contributed by atoms with Gasteiger partial charge in [0.25, 0.3) is 0 Å². The summed E-state index contributed by atoms with van der Waals surface area (Å²) in [6.45, 7) is 4.12. The summed E-state index contributed by atoms with van der Waals surface area (Å²) in [4.78, 5) is 11.9. The van der Waals surface area contributed by atoms with Crippen LogP contribution in [-0.2, 0) is 4.79 Å². The average molecular weight is 259 g/mol. The van der Waals surface area contributed by atoms with Gasteiger partial charge in [0.2, 0.25) is 5.91 Å². The summed E-state index contributed by atoms with van der Waals surface area (Å²) >= 11 is 0. The normalized spacial score (nSPS) is 9.89. The smallest absolute Gasteiger partial charge is 0.227 e. The van der Waals surface area contributed by atoms with E-state index in [1.54, 1.807) is 0 Å². The Hall–Kier alpha value is -1.79. The van der Waals surface area contributed by atoms with Gasteiger partial charge in [-0.1, -0.05) is 25.7 Å². The molecule has 0 aliphatic carbocycles. The third-order valence-corrected chi connectivity index (χ3v) is 2.98. The summed E-state index contributed by atoms with van der Waals surface area (Å²) in [6.07, 6.45) is 2.19. The summed E-state index contributed by atoms with van der Waals surface area (Å²) < 4.78 is 0. The zero-order valence-electron chi connectivity index (χ0n) is 11.6. The third kappa shape index (κ3) is 5.15. The highest BCUT2D eigenvalue weighted by Gasteiger charge is 2.13. The maximum absolute atomic E-state index is 11.9. The Kier molecular flexibility index (Phi) is 6.70. The molecule has 0 bridgehead atoms.